The van der Waals surface area contributed by atoms with Crippen LogP contribution in [0.4, 0.5) is 8.78 Å². The smallest absolute Gasteiger partial charge is 0.164 e. The van der Waals surface area contributed by atoms with Crippen LogP contribution in [0.25, 0.3) is 0 Å². The Balaban J connectivity index is 1.80. The van der Waals surface area contributed by atoms with Crippen molar-refractivity contribution in [3.63, 3.8) is 0 Å². The van der Waals surface area contributed by atoms with Gasteiger partial charge in [-0.05, 0) is 38.3 Å². The summed E-state index contributed by atoms with van der Waals surface area (Å²) in [5.41, 5.74) is 0.0319. The molecule has 1 aliphatic rings. The lowest BCUT2D eigenvalue weighted by molar-refractivity contribution is 0.0398. The van der Waals surface area contributed by atoms with Gasteiger partial charge in [-0.25, -0.2) is 8.78 Å². The van der Waals surface area contributed by atoms with E-state index >= 15 is 0 Å². The molecular formula is C16H23F2NO2. The highest BCUT2D eigenvalue weighted by molar-refractivity contribution is 5.21. The van der Waals surface area contributed by atoms with Crippen molar-refractivity contribution in [2.75, 3.05) is 33.4 Å². The Morgan fingerprint density at radius 1 is 1.43 bits per heavy atom. The Kier molecular flexibility index (Phi) is 6.08. The summed E-state index contributed by atoms with van der Waals surface area (Å²) < 4.78 is 32.2. The fourth-order valence-corrected chi connectivity index (χ4v) is 2.76. The summed E-state index contributed by atoms with van der Waals surface area (Å²) in [5.74, 6) is -1.35. The number of halogens is 2. The molecule has 118 valence electrons. The Morgan fingerprint density at radius 3 is 2.95 bits per heavy atom. The summed E-state index contributed by atoms with van der Waals surface area (Å²) in [4.78, 5) is 2.11. The van der Waals surface area contributed by atoms with Crippen molar-refractivity contribution in [2.24, 2.45) is 5.92 Å². The van der Waals surface area contributed by atoms with Crippen molar-refractivity contribution < 1.29 is 18.6 Å². The van der Waals surface area contributed by atoms with Gasteiger partial charge >= 0.3 is 0 Å². The highest BCUT2D eigenvalue weighted by Gasteiger charge is 2.19. The molecule has 1 heterocycles. The first-order chi connectivity index (χ1) is 10.1. The van der Waals surface area contributed by atoms with Gasteiger partial charge in [-0.3, -0.25) is 0 Å². The van der Waals surface area contributed by atoms with E-state index in [1.807, 2.05) is 7.05 Å². The van der Waals surface area contributed by atoms with Crippen molar-refractivity contribution in [2.45, 2.75) is 25.4 Å². The molecule has 2 rings (SSSR count). The predicted molar refractivity (Wildman–Crippen MR) is 77.0 cm³/mol. The van der Waals surface area contributed by atoms with Gasteiger partial charge in [0.05, 0.1) is 12.7 Å². The summed E-state index contributed by atoms with van der Waals surface area (Å²) in [6, 6.07) is 3.90. The summed E-state index contributed by atoms with van der Waals surface area (Å²) in [6.07, 6.45) is 1.65. The number of hydrogen-bond acceptors (Lipinski definition) is 3. The van der Waals surface area contributed by atoms with Crippen LogP contribution >= 0.6 is 0 Å². The first kappa shape index (κ1) is 16.3. The van der Waals surface area contributed by atoms with Gasteiger partial charge in [-0.2, -0.15) is 0 Å². The van der Waals surface area contributed by atoms with E-state index in [0.29, 0.717) is 18.9 Å². The highest BCUT2D eigenvalue weighted by Crippen LogP contribution is 2.22. The van der Waals surface area contributed by atoms with Crippen LogP contribution < -0.4 is 0 Å². The molecule has 1 N–H and O–H groups in total. The Hall–Kier alpha value is -1.04. The molecule has 0 bridgehead atoms. The zero-order valence-electron chi connectivity index (χ0n) is 12.4. The van der Waals surface area contributed by atoms with Gasteiger partial charge in [0.25, 0.3) is 0 Å². The van der Waals surface area contributed by atoms with Gasteiger partial charge in [-0.15, -0.1) is 0 Å². The SMILES string of the molecule is CN(CCC(O)c1cccc(F)c1F)CC1CCCOC1. The number of rotatable bonds is 6. The minimum Gasteiger partial charge on any atom is -0.388 e. The summed E-state index contributed by atoms with van der Waals surface area (Å²) >= 11 is 0. The van der Waals surface area contributed by atoms with Crippen molar-refractivity contribution in [1.82, 2.24) is 4.90 Å². The highest BCUT2D eigenvalue weighted by atomic mass is 19.2. The first-order valence-corrected chi connectivity index (χ1v) is 7.46. The molecule has 2 unspecified atom stereocenters. The molecule has 1 aliphatic heterocycles. The van der Waals surface area contributed by atoms with E-state index in [1.165, 1.54) is 12.1 Å². The van der Waals surface area contributed by atoms with Crippen LogP contribution in [-0.2, 0) is 4.74 Å². The van der Waals surface area contributed by atoms with E-state index < -0.39 is 17.7 Å². The second kappa shape index (κ2) is 7.82. The molecule has 0 spiro atoms. The minimum atomic E-state index is -0.981. The van der Waals surface area contributed by atoms with Gasteiger partial charge in [-0.1, -0.05) is 12.1 Å². The maximum absolute atomic E-state index is 13.6. The van der Waals surface area contributed by atoms with Crippen LogP contribution in [0.5, 0.6) is 0 Å². The van der Waals surface area contributed by atoms with E-state index in [1.54, 1.807) is 0 Å². The second-order valence-electron chi connectivity index (χ2n) is 5.79. The van der Waals surface area contributed by atoms with Crippen molar-refractivity contribution >= 4 is 0 Å². The molecule has 0 aliphatic carbocycles. The molecule has 21 heavy (non-hydrogen) atoms. The molecule has 5 heteroatoms. The molecule has 3 nitrogen and oxygen atoms in total. The third kappa shape index (κ3) is 4.73. The van der Waals surface area contributed by atoms with E-state index in [9.17, 15) is 13.9 Å². The lowest BCUT2D eigenvalue weighted by Gasteiger charge is -2.27. The second-order valence-corrected chi connectivity index (χ2v) is 5.79. The van der Waals surface area contributed by atoms with Crippen LogP contribution in [0.15, 0.2) is 18.2 Å². The van der Waals surface area contributed by atoms with Crippen LogP contribution in [0.3, 0.4) is 0 Å². The monoisotopic (exact) mass is 299 g/mol. The molecule has 1 aromatic carbocycles. The summed E-state index contributed by atoms with van der Waals surface area (Å²) in [5, 5.41) is 10.0. The third-order valence-corrected chi connectivity index (χ3v) is 3.95. The maximum atomic E-state index is 13.6. The lowest BCUT2D eigenvalue weighted by atomic mass is 10.0. The molecule has 2 atom stereocenters. The number of benzene rings is 1. The molecule has 0 amide bonds. The lowest BCUT2D eigenvalue weighted by Crippen LogP contribution is -2.32. The van der Waals surface area contributed by atoms with Gasteiger partial charge in [0.1, 0.15) is 0 Å². The van der Waals surface area contributed by atoms with E-state index in [0.717, 1.165) is 38.7 Å². The van der Waals surface area contributed by atoms with Gasteiger partial charge in [0, 0.05) is 25.3 Å². The predicted octanol–water partition coefficient (Wildman–Crippen LogP) is 2.75. The minimum absolute atomic E-state index is 0.0319. The quantitative estimate of drug-likeness (QED) is 0.877. The summed E-state index contributed by atoms with van der Waals surface area (Å²) in [7, 11) is 1.98. The molecule has 1 saturated heterocycles. The van der Waals surface area contributed by atoms with Crippen molar-refractivity contribution in [3.8, 4) is 0 Å². The summed E-state index contributed by atoms with van der Waals surface area (Å²) in [6.45, 7) is 3.16. The number of aliphatic hydroxyl groups excluding tert-OH is 1. The molecule has 0 aromatic heterocycles. The van der Waals surface area contributed by atoms with E-state index in [-0.39, 0.29) is 5.56 Å². The van der Waals surface area contributed by atoms with Crippen LogP contribution in [0, 0.1) is 17.6 Å². The normalized spacial score (nSPS) is 20.7. The average Bonchev–Trinajstić information content (AvgIpc) is 2.48. The topological polar surface area (TPSA) is 32.7 Å². The van der Waals surface area contributed by atoms with Crippen molar-refractivity contribution in [1.29, 1.82) is 0 Å². The average molecular weight is 299 g/mol. The molecule has 1 aromatic rings. The largest absolute Gasteiger partial charge is 0.388 e. The van der Waals surface area contributed by atoms with Crippen LogP contribution in [-0.4, -0.2) is 43.4 Å². The molecule has 0 saturated carbocycles. The number of ether oxygens (including phenoxy) is 1. The van der Waals surface area contributed by atoms with Gasteiger partial charge < -0.3 is 14.7 Å². The van der Waals surface area contributed by atoms with Gasteiger partial charge in [0.2, 0.25) is 0 Å². The molecular weight excluding hydrogens is 276 g/mol. The van der Waals surface area contributed by atoms with Crippen LogP contribution in [0.1, 0.15) is 30.9 Å². The number of hydrogen-bond donors (Lipinski definition) is 1. The molecule has 1 fully saturated rings. The van der Waals surface area contributed by atoms with E-state index in [4.69, 9.17) is 4.74 Å². The zero-order valence-corrected chi connectivity index (χ0v) is 12.4. The third-order valence-electron chi connectivity index (χ3n) is 3.95. The first-order valence-electron chi connectivity index (χ1n) is 7.46. The standard InChI is InChI=1S/C16H23F2NO2/c1-19(10-12-4-3-9-21-11-12)8-7-15(20)13-5-2-6-14(17)16(13)18/h2,5-6,12,15,20H,3-4,7-11H2,1H3. The van der Waals surface area contributed by atoms with Crippen LogP contribution in [0.2, 0.25) is 0 Å². The Bertz CT molecular complexity index is 450. The fourth-order valence-electron chi connectivity index (χ4n) is 2.76. The maximum Gasteiger partial charge on any atom is 0.164 e. The zero-order chi connectivity index (χ0) is 15.2. The molecule has 0 radical (unpaired) electrons. The fraction of sp³-hybridized carbons (Fsp3) is 0.625. The van der Waals surface area contributed by atoms with E-state index in [2.05, 4.69) is 4.90 Å². The van der Waals surface area contributed by atoms with Crippen molar-refractivity contribution in [3.05, 3.63) is 35.4 Å². The van der Waals surface area contributed by atoms with Gasteiger partial charge in [0.15, 0.2) is 11.6 Å². The Morgan fingerprint density at radius 2 is 2.24 bits per heavy atom. The number of aliphatic hydroxyl groups is 1. The number of nitrogens with zero attached hydrogens (tertiary/aromatic N) is 1. The Labute approximate surface area is 124 Å².